The monoisotopic (exact) mass is 291 g/mol. The first-order valence-corrected chi connectivity index (χ1v) is 6.25. The third-order valence-corrected chi connectivity index (χ3v) is 2.91. The maximum absolute atomic E-state index is 12.7. The molecular formula is C15H12F3N3. The predicted molar refractivity (Wildman–Crippen MR) is 72.6 cm³/mol. The van der Waals surface area contributed by atoms with Gasteiger partial charge in [0.05, 0.1) is 17.2 Å². The number of rotatable bonds is 4. The van der Waals surface area contributed by atoms with Gasteiger partial charge in [0.2, 0.25) is 0 Å². The van der Waals surface area contributed by atoms with Crippen LogP contribution in [0, 0.1) is 11.3 Å². The van der Waals surface area contributed by atoms with Gasteiger partial charge in [-0.25, -0.2) is 0 Å². The number of nitriles is 1. The largest absolute Gasteiger partial charge is 0.417 e. The summed E-state index contributed by atoms with van der Waals surface area (Å²) in [5, 5.41) is 11.8. The second kappa shape index (κ2) is 6.27. The van der Waals surface area contributed by atoms with Gasteiger partial charge in [0.15, 0.2) is 0 Å². The summed E-state index contributed by atoms with van der Waals surface area (Å²) in [5.41, 5.74) is 0.220. The van der Waals surface area contributed by atoms with Crippen LogP contribution in [-0.4, -0.2) is 11.5 Å². The van der Waals surface area contributed by atoms with Crippen LogP contribution in [-0.2, 0) is 12.6 Å². The van der Waals surface area contributed by atoms with E-state index in [-0.39, 0.29) is 5.56 Å². The normalized spacial score (nSPS) is 11.0. The van der Waals surface area contributed by atoms with Crippen molar-refractivity contribution < 1.29 is 13.2 Å². The van der Waals surface area contributed by atoms with Gasteiger partial charge >= 0.3 is 6.18 Å². The number of aromatic nitrogens is 1. The first-order valence-electron chi connectivity index (χ1n) is 6.25. The Hall–Kier alpha value is -2.55. The van der Waals surface area contributed by atoms with Crippen LogP contribution in [0.1, 0.15) is 16.7 Å². The average molecular weight is 291 g/mol. The van der Waals surface area contributed by atoms with Crippen molar-refractivity contribution in [1.29, 1.82) is 5.26 Å². The molecule has 0 aliphatic heterocycles. The maximum atomic E-state index is 12.7. The van der Waals surface area contributed by atoms with Gasteiger partial charge in [-0.2, -0.15) is 18.4 Å². The van der Waals surface area contributed by atoms with Gasteiger partial charge < -0.3 is 5.32 Å². The standard InChI is InChI=1S/C15H12F3N3/c16-15(17,18)14-4-3-13(8-12(14)9-19)21-7-5-11-2-1-6-20-10-11/h1-4,6,8,10,21H,5,7H2. The number of nitrogens with one attached hydrogen (secondary N) is 1. The quantitative estimate of drug-likeness (QED) is 0.935. The van der Waals surface area contributed by atoms with E-state index in [2.05, 4.69) is 10.3 Å². The molecule has 0 aliphatic rings. The SMILES string of the molecule is N#Cc1cc(NCCc2cccnc2)ccc1C(F)(F)F. The molecule has 1 heterocycles. The molecule has 1 aromatic heterocycles. The second-order valence-corrected chi connectivity index (χ2v) is 4.41. The number of anilines is 1. The van der Waals surface area contributed by atoms with Crippen LogP contribution < -0.4 is 5.32 Å². The van der Waals surface area contributed by atoms with E-state index in [1.165, 1.54) is 12.1 Å². The molecule has 0 saturated carbocycles. The summed E-state index contributed by atoms with van der Waals surface area (Å²) in [5.74, 6) is 0. The van der Waals surface area contributed by atoms with Crippen LogP contribution in [0.25, 0.3) is 0 Å². The van der Waals surface area contributed by atoms with E-state index in [0.29, 0.717) is 18.7 Å². The van der Waals surface area contributed by atoms with Crippen molar-refractivity contribution in [2.75, 3.05) is 11.9 Å². The highest BCUT2D eigenvalue weighted by atomic mass is 19.4. The second-order valence-electron chi connectivity index (χ2n) is 4.41. The van der Waals surface area contributed by atoms with Crippen molar-refractivity contribution in [1.82, 2.24) is 4.98 Å². The minimum atomic E-state index is -4.51. The number of halogens is 3. The zero-order valence-corrected chi connectivity index (χ0v) is 11.0. The van der Waals surface area contributed by atoms with Gasteiger partial charge in [-0.1, -0.05) is 6.07 Å². The van der Waals surface area contributed by atoms with E-state index >= 15 is 0 Å². The highest BCUT2D eigenvalue weighted by Crippen LogP contribution is 2.32. The van der Waals surface area contributed by atoms with E-state index in [9.17, 15) is 13.2 Å². The average Bonchev–Trinajstić information content (AvgIpc) is 2.47. The third-order valence-electron chi connectivity index (χ3n) is 2.91. The molecule has 0 fully saturated rings. The number of hydrogen-bond acceptors (Lipinski definition) is 3. The summed E-state index contributed by atoms with van der Waals surface area (Å²) in [7, 11) is 0. The summed E-state index contributed by atoms with van der Waals surface area (Å²) < 4.78 is 38.0. The van der Waals surface area contributed by atoms with Gasteiger partial charge in [-0.15, -0.1) is 0 Å². The Balaban J connectivity index is 2.03. The van der Waals surface area contributed by atoms with Gasteiger partial charge in [-0.3, -0.25) is 4.98 Å². The van der Waals surface area contributed by atoms with Gasteiger partial charge in [-0.05, 0) is 36.2 Å². The molecule has 0 spiro atoms. The third kappa shape index (κ3) is 3.96. The summed E-state index contributed by atoms with van der Waals surface area (Å²) in [4.78, 5) is 3.98. The van der Waals surface area contributed by atoms with Crippen LogP contribution in [0.4, 0.5) is 18.9 Å². The van der Waals surface area contributed by atoms with E-state index < -0.39 is 11.7 Å². The van der Waals surface area contributed by atoms with Crippen LogP contribution in [0.15, 0.2) is 42.7 Å². The number of benzene rings is 1. The summed E-state index contributed by atoms with van der Waals surface area (Å²) in [6.45, 7) is 0.544. The van der Waals surface area contributed by atoms with Crippen LogP contribution in [0.3, 0.4) is 0 Å². The minimum absolute atomic E-state index is 0.381. The molecule has 0 saturated heterocycles. The molecule has 0 aliphatic carbocycles. The zero-order valence-electron chi connectivity index (χ0n) is 11.0. The lowest BCUT2D eigenvalue weighted by molar-refractivity contribution is -0.137. The fraction of sp³-hybridized carbons (Fsp3) is 0.200. The lowest BCUT2D eigenvalue weighted by Gasteiger charge is -2.11. The Morgan fingerprint density at radius 3 is 2.67 bits per heavy atom. The van der Waals surface area contributed by atoms with Crippen LogP contribution in [0.5, 0.6) is 0 Å². The van der Waals surface area contributed by atoms with E-state index in [1.807, 2.05) is 12.1 Å². The molecule has 0 bridgehead atoms. The Bertz CT molecular complexity index is 645. The first-order chi connectivity index (χ1) is 10.0. The summed E-state index contributed by atoms with van der Waals surface area (Å²) >= 11 is 0. The maximum Gasteiger partial charge on any atom is 0.417 e. The molecule has 2 aromatic rings. The highest BCUT2D eigenvalue weighted by Gasteiger charge is 2.33. The Labute approximate surface area is 120 Å². The minimum Gasteiger partial charge on any atom is -0.385 e. The van der Waals surface area contributed by atoms with Crippen molar-refractivity contribution in [2.24, 2.45) is 0 Å². The van der Waals surface area contributed by atoms with Crippen molar-refractivity contribution in [3.63, 3.8) is 0 Å². The van der Waals surface area contributed by atoms with Crippen molar-refractivity contribution in [3.8, 4) is 6.07 Å². The molecule has 21 heavy (non-hydrogen) atoms. The fourth-order valence-electron chi connectivity index (χ4n) is 1.89. The van der Waals surface area contributed by atoms with Gasteiger partial charge in [0, 0.05) is 24.6 Å². The topological polar surface area (TPSA) is 48.7 Å². The molecule has 0 atom stereocenters. The van der Waals surface area contributed by atoms with Gasteiger partial charge in [0.1, 0.15) is 0 Å². The molecule has 2 rings (SSSR count). The first kappa shape index (κ1) is 14.9. The number of pyridine rings is 1. The molecule has 3 nitrogen and oxygen atoms in total. The Morgan fingerprint density at radius 2 is 2.05 bits per heavy atom. The highest BCUT2D eigenvalue weighted by molar-refractivity contribution is 5.53. The molecule has 108 valence electrons. The van der Waals surface area contributed by atoms with Crippen molar-refractivity contribution in [3.05, 3.63) is 59.4 Å². The van der Waals surface area contributed by atoms with E-state index in [0.717, 1.165) is 11.6 Å². The van der Waals surface area contributed by atoms with Gasteiger partial charge in [0.25, 0.3) is 0 Å². The predicted octanol–water partition coefficient (Wildman–Crippen LogP) is 3.63. The van der Waals surface area contributed by atoms with E-state index in [1.54, 1.807) is 18.5 Å². The molecular weight excluding hydrogens is 279 g/mol. The molecule has 1 N–H and O–H groups in total. The lowest BCUT2D eigenvalue weighted by atomic mass is 10.1. The molecule has 1 aromatic carbocycles. The Kier molecular flexibility index (Phi) is 4.43. The molecule has 0 radical (unpaired) electrons. The lowest BCUT2D eigenvalue weighted by Crippen LogP contribution is -2.09. The smallest absolute Gasteiger partial charge is 0.385 e. The van der Waals surface area contributed by atoms with Crippen LogP contribution >= 0.6 is 0 Å². The number of hydrogen-bond donors (Lipinski definition) is 1. The van der Waals surface area contributed by atoms with Crippen molar-refractivity contribution >= 4 is 5.69 Å². The summed E-state index contributed by atoms with van der Waals surface area (Å²) in [6.07, 6.45) is -0.419. The van der Waals surface area contributed by atoms with Crippen molar-refractivity contribution in [2.45, 2.75) is 12.6 Å². The molecule has 6 heteroatoms. The Morgan fingerprint density at radius 1 is 1.24 bits per heavy atom. The fourth-order valence-corrected chi connectivity index (χ4v) is 1.89. The molecule has 0 unspecified atom stereocenters. The van der Waals surface area contributed by atoms with Crippen LogP contribution in [0.2, 0.25) is 0 Å². The summed E-state index contributed by atoms with van der Waals surface area (Å²) in [6, 6.07) is 8.78. The number of nitrogens with zero attached hydrogens (tertiary/aromatic N) is 2. The number of alkyl halides is 3. The van der Waals surface area contributed by atoms with E-state index in [4.69, 9.17) is 5.26 Å². The molecule has 0 amide bonds. The zero-order chi connectivity index (χ0) is 15.3.